The molecule has 0 saturated carbocycles. The minimum Gasteiger partial charge on any atom is -0.489 e. The van der Waals surface area contributed by atoms with Gasteiger partial charge < -0.3 is 10.5 Å². The van der Waals surface area contributed by atoms with Crippen LogP contribution in [-0.4, -0.2) is 0 Å². The van der Waals surface area contributed by atoms with Crippen LogP contribution in [0.4, 0.5) is 5.69 Å². The Hall–Kier alpha value is -1.96. The van der Waals surface area contributed by atoms with E-state index in [1.54, 1.807) is 0 Å². The van der Waals surface area contributed by atoms with Crippen molar-refractivity contribution in [2.24, 2.45) is 0 Å². The molecule has 0 amide bonds. The van der Waals surface area contributed by atoms with Crippen LogP contribution in [0.5, 0.6) is 5.75 Å². The van der Waals surface area contributed by atoms with E-state index in [4.69, 9.17) is 10.5 Å². The SMILES string of the molecule is Cc1c(N)cccc1COc1cccc(C(C)C)c1. The van der Waals surface area contributed by atoms with Crippen LogP contribution in [0, 0.1) is 6.92 Å². The van der Waals surface area contributed by atoms with Crippen LogP contribution in [0.1, 0.15) is 36.5 Å². The number of nitrogen functional groups attached to an aromatic ring is 1. The number of anilines is 1. The van der Waals surface area contributed by atoms with Gasteiger partial charge in [-0.05, 0) is 47.7 Å². The van der Waals surface area contributed by atoms with Crippen molar-refractivity contribution in [2.45, 2.75) is 33.3 Å². The summed E-state index contributed by atoms with van der Waals surface area (Å²) in [5, 5.41) is 0. The Labute approximate surface area is 115 Å². The fourth-order valence-electron chi connectivity index (χ4n) is 1.98. The van der Waals surface area contributed by atoms with Crippen LogP contribution in [0.25, 0.3) is 0 Å². The zero-order chi connectivity index (χ0) is 13.8. The highest BCUT2D eigenvalue weighted by Gasteiger charge is 2.04. The Bertz CT molecular complexity index is 561. The number of ether oxygens (including phenoxy) is 1. The zero-order valence-electron chi connectivity index (χ0n) is 11.8. The van der Waals surface area contributed by atoms with E-state index in [0.717, 1.165) is 22.6 Å². The Balaban J connectivity index is 2.10. The molecule has 0 aliphatic heterocycles. The monoisotopic (exact) mass is 255 g/mol. The Kier molecular flexibility index (Phi) is 4.10. The molecule has 0 aromatic heterocycles. The summed E-state index contributed by atoms with van der Waals surface area (Å²) < 4.78 is 5.86. The maximum absolute atomic E-state index is 5.90. The number of hydrogen-bond acceptors (Lipinski definition) is 2. The second-order valence-electron chi connectivity index (χ2n) is 5.15. The van der Waals surface area contributed by atoms with Gasteiger partial charge in [-0.15, -0.1) is 0 Å². The van der Waals surface area contributed by atoms with Gasteiger partial charge in [-0.2, -0.15) is 0 Å². The largest absolute Gasteiger partial charge is 0.489 e. The molecule has 0 aliphatic rings. The molecule has 0 heterocycles. The van der Waals surface area contributed by atoms with E-state index in [1.165, 1.54) is 5.56 Å². The Morgan fingerprint density at radius 1 is 1.11 bits per heavy atom. The van der Waals surface area contributed by atoms with Gasteiger partial charge in [0.05, 0.1) is 0 Å². The molecule has 0 unspecified atom stereocenters. The van der Waals surface area contributed by atoms with E-state index in [1.807, 2.05) is 31.2 Å². The predicted octanol–water partition coefficient (Wildman–Crippen LogP) is 4.28. The molecule has 2 aromatic carbocycles. The van der Waals surface area contributed by atoms with Crippen LogP contribution in [-0.2, 0) is 6.61 Å². The molecule has 2 rings (SSSR count). The second-order valence-corrected chi connectivity index (χ2v) is 5.15. The quantitative estimate of drug-likeness (QED) is 0.828. The number of nitrogens with two attached hydrogens (primary N) is 1. The van der Waals surface area contributed by atoms with Crippen molar-refractivity contribution in [1.82, 2.24) is 0 Å². The molecular formula is C17H21NO. The summed E-state index contributed by atoms with van der Waals surface area (Å²) in [6.07, 6.45) is 0. The third kappa shape index (κ3) is 3.28. The summed E-state index contributed by atoms with van der Waals surface area (Å²) in [5.74, 6) is 1.42. The molecule has 2 nitrogen and oxygen atoms in total. The zero-order valence-corrected chi connectivity index (χ0v) is 11.8. The minimum atomic E-state index is 0.512. The lowest BCUT2D eigenvalue weighted by molar-refractivity contribution is 0.305. The first kappa shape index (κ1) is 13.5. The maximum Gasteiger partial charge on any atom is 0.120 e. The van der Waals surface area contributed by atoms with E-state index in [-0.39, 0.29) is 0 Å². The standard InChI is InChI=1S/C17H21NO/c1-12(2)14-6-4-8-16(10-14)19-11-15-7-5-9-17(18)13(15)3/h4-10,12H,11,18H2,1-3H3. The van der Waals surface area contributed by atoms with Crippen molar-refractivity contribution in [3.8, 4) is 5.75 Å². The molecule has 0 spiro atoms. The lowest BCUT2D eigenvalue weighted by Gasteiger charge is -2.12. The first-order chi connectivity index (χ1) is 9.08. The second kappa shape index (κ2) is 5.79. The number of rotatable bonds is 4. The van der Waals surface area contributed by atoms with Gasteiger partial charge in [-0.25, -0.2) is 0 Å². The minimum absolute atomic E-state index is 0.512. The molecule has 0 fully saturated rings. The van der Waals surface area contributed by atoms with Crippen LogP contribution >= 0.6 is 0 Å². The smallest absolute Gasteiger partial charge is 0.120 e. The number of hydrogen-bond donors (Lipinski definition) is 1. The van der Waals surface area contributed by atoms with Gasteiger partial charge in [0, 0.05) is 5.69 Å². The summed E-state index contributed by atoms with van der Waals surface area (Å²) >= 11 is 0. The summed E-state index contributed by atoms with van der Waals surface area (Å²) in [5.41, 5.74) is 10.2. The number of benzene rings is 2. The summed E-state index contributed by atoms with van der Waals surface area (Å²) in [4.78, 5) is 0. The van der Waals surface area contributed by atoms with E-state index < -0.39 is 0 Å². The summed E-state index contributed by atoms with van der Waals surface area (Å²) in [6, 6.07) is 14.2. The van der Waals surface area contributed by atoms with E-state index >= 15 is 0 Å². The van der Waals surface area contributed by atoms with Crippen molar-refractivity contribution in [2.75, 3.05) is 5.73 Å². The lowest BCUT2D eigenvalue weighted by atomic mass is 10.0. The first-order valence-electron chi connectivity index (χ1n) is 6.64. The van der Waals surface area contributed by atoms with Crippen LogP contribution in [0.3, 0.4) is 0 Å². The average Bonchev–Trinajstić information content (AvgIpc) is 2.41. The van der Waals surface area contributed by atoms with Gasteiger partial charge in [0.15, 0.2) is 0 Å². The Morgan fingerprint density at radius 3 is 2.58 bits per heavy atom. The molecular weight excluding hydrogens is 234 g/mol. The maximum atomic E-state index is 5.90. The van der Waals surface area contributed by atoms with Crippen LogP contribution in [0.2, 0.25) is 0 Å². The van der Waals surface area contributed by atoms with E-state index in [2.05, 4.69) is 32.0 Å². The van der Waals surface area contributed by atoms with Gasteiger partial charge in [-0.3, -0.25) is 0 Å². The van der Waals surface area contributed by atoms with Crippen LogP contribution < -0.4 is 10.5 Å². The summed E-state index contributed by atoms with van der Waals surface area (Å²) in [6.45, 7) is 6.94. The fourth-order valence-corrected chi connectivity index (χ4v) is 1.98. The van der Waals surface area contributed by atoms with Gasteiger partial charge in [0.2, 0.25) is 0 Å². The van der Waals surface area contributed by atoms with Crippen molar-refractivity contribution < 1.29 is 4.74 Å². The third-order valence-electron chi connectivity index (χ3n) is 3.41. The molecule has 100 valence electrons. The van der Waals surface area contributed by atoms with E-state index in [9.17, 15) is 0 Å². The predicted molar refractivity (Wildman–Crippen MR) is 80.5 cm³/mol. The van der Waals surface area contributed by atoms with Gasteiger partial charge >= 0.3 is 0 Å². The van der Waals surface area contributed by atoms with Gasteiger partial charge in [-0.1, -0.05) is 38.1 Å². The molecule has 19 heavy (non-hydrogen) atoms. The molecule has 2 heteroatoms. The van der Waals surface area contributed by atoms with Crippen LogP contribution in [0.15, 0.2) is 42.5 Å². The topological polar surface area (TPSA) is 35.2 Å². The molecule has 0 bridgehead atoms. The fraction of sp³-hybridized carbons (Fsp3) is 0.294. The highest BCUT2D eigenvalue weighted by molar-refractivity contribution is 5.49. The van der Waals surface area contributed by atoms with Gasteiger partial charge in [0.1, 0.15) is 12.4 Å². The average molecular weight is 255 g/mol. The Morgan fingerprint density at radius 2 is 1.84 bits per heavy atom. The lowest BCUT2D eigenvalue weighted by Crippen LogP contribution is -2.01. The third-order valence-corrected chi connectivity index (χ3v) is 3.41. The highest BCUT2D eigenvalue weighted by Crippen LogP contribution is 2.22. The normalized spacial score (nSPS) is 10.7. The first-order valence-corrected chi connectivity index (χ1v) is 6.64. The van der Waals surface area contributed by atoms with Crippen molar-refractivity contribution in [3.05, 3.63) is 59.2 Å². The molecule has 2 aromatic rings. The van der Waals surface area contributed by atoms with Crippen molar-refractivity contribution in [1.29, 1.82) is 0 Å². The van der Waals surface area contributed by atoms with E-state index in [0.29, 0.717) is 12.5 Å². The highest BCUT2D eigenvalue weighted by atomic mass is 16.5. The van der Waals surface area contributed by atoms with Gasteiger partial charge in [0.25, 0.3) is 0 Å². The van der Waals surface area contributed by atoms with Crippen molar-refractivity contribution >= 4 is 5.69 Å². The molecule has 0 radical (unpaired) electrons. The molecule has 0 saturated heterocycles. The molecule has 2 N–H and O–H groups in total. The molecule has 0 aliphatic carbocycles. The van der Waals surface area contributed by atoms with Crippen molar-refractivity contribution in [3.63, 3.8) is 0 Å². The molecule has 0 atom stereocenters. The summed E-state index contributed by atoms with van der Waals surface area (Å²) in [7, 11) is 0.